The number of hydrogen-bond donors (Lipinski definition) is 2. The summed E-state index contributed by atoms with van der Waals surface area (Å²) in [5.74, 6) is 1.57. The van der Waals surface area contributed by atoms with Gasteiger partial charge in [-0.1, -0.05) is 0 Å². The second-order valence-electron chi connectivity index (χ2n) is 5.69. The first kappa shape index (κ1) is 12.3. The van der Waals surface area contributed by atoms with Crippen molar-refractivity contribution in [3.8, 4) is 0 Å². The fourth-order valence-electron chi connectivity index (χ4n) is 2.81. The van der Waals surface area contributed by atoms with E-state index in [1.165, 1.54) is 0 Å². The first-order valence-corrected chi connectivity index (χ1v) is 6.92. The minimum atomic E-state index is 0.320. The molecule has 102 valence electrons. The molecule has 0 spiro atoms. The lowest BCUT2D eigenvalue weighted by atomic mass is 9.98. The van der Waals surface area contributed by atoms with Crippen molar-refractivity contribution in [2.24, 2.45) is 11.8 Å². The van der Waals surface area contributed by atoms with E-state index >= 15 is 0 Å². The Hall–Kier alpha value is -1.78. The Morgan fingerprint density at radius 1 is 1.37 bits per heavy atom. The van der Waals surface area contributed by atoms with Crippen LogP contribution in [0.25, 0.3) is 0 Å². The van der Waals surface area contributed by atoms with E-state index in [4.69, 9.17) is 11.5 Å². The summed E-state index contributed by atoms with van der Waals surface area (Å²) in [6, 6.07) is 1.93. The number of carbonyl (C=O) groups excluding carboxylic acids is 1. The molecule has 1 amide bonds. The van der Waals surface area contributed by atoms with E-state index < -0.39 is 0 Å². The van der Waals surface area contributed by atoms with Gasteiger partial charge >= 0.3 is 0 Å². The fraction of sp³-hybridized carbons (Fsp3) is 0.571. The Labute approximate surface area is 113 Å². The average molecular weight is 260 g/mol. The van der Waals surface area contributed by atoms with Crippen LogP contribution < -0.4 is 11.5 Å². The lowest BCUT2D eigenvalue weighted by Crippen LogP contribution is -2.30. The Kier molecular flexibility index (Phi) is 3.05. The van der Waals surface area contributed by atoms with Crippen LogP contribution in [0.2, 0.25) is 0 Å². The van der Waals surface area contributed by atoms with E-state index in [-0.39, 0.29) is 0 Å². The molecular weight excluding hydrogens is 240 g/mol. The molecule has 1 saturated carbocycles. The van der Waals surface area contributed by atoms with Crippen molar-refractivity contribution in [1.82, 2.24) is 9.88 Å². The number of nitrogens with zero attached hydrogens (tertiary/aromatic N) is 2. The summed E-state index contributed by atoms with van der Waals surface area (Å²) in [6.45, 7) is 1.75. The van der Waals surface area contributed by atoms with Crippen LogP contribution in [0.1, 0.15) is 24.8 Å². The fourth-order valence-corrected chi connectivity index (χ4v) is 2.81. The van der Waals surface area contributed by atoms with Gasteiger partial charge in [-0.05, 0) is 43.2 Å². The molecule has 19 heavy (non-hydrogen) atoms. The number of likely N-dealkylation sites (tertiary alicyclic amines) is 1. The van der Waals surface area contributed by atoms with Gasteiger partial charge in [-0.3, -0.25) is 4.79 Å². The van der Waals surface area contributed by atoms with E-state index in [9.17, 15) is 4.79 Å². The SMILES string of the molecule is Nc1nccc(C[C@H]2CCN(C(=O)C3CC3)C2)c1N. The van der Waals surface area contributed by atoms with Crippen LogP contribution in [-0.4, -0.2) is 28.9 Å². The van der Waals surface area contributed by atoms with Gasteiger partial charge in [0, 0.05) is 25.2 Å². The third-order valence-electron chi connectivity index (χ3n) is 4.14. The Morgan fingerprint density at radius 2 is 2.16 bits per heavy atom. The largest absolute Gasteiger partial charge is 0.396 e. The molecule has 5 heteroatoms. The van der Waals surface area contributed by atoms with Crippen molar-refractivity contribution in [3.63, 3.8) is 0 Å². The molecule has 1 atom stereocenters. The van der Waals surface area contributed by atoms with Crippen LogP contribution in [0.4, 0.5) is 11.5 Å². The monoisotopic (exact) mass is 260 g/mol. The van der Waals surface area contributed by atoms with Gasteiger partial charge in [0.25, 0.3) is 0 Å². The summed E-state index contributed by atoms with van der Waals surface area (Å²) in [5, 5.41) is 0. The van der Waals surface area contributed by atoms with Gasteiger partial charge in [0.05, 0.1) is 5.69 Å². The third kappa shape index (κ3) is 2.50. The highest BCUT2D eigenvalue weighted by atomic mass is 16.2. The summed E-state index contributed by atoms with van der Waals surface area (Å²) >= 11 is 0. The number of nitrogens with two attached hydrogens (primary N) is 2. The second kappa shape index (κ2) is 4.72. The highest BCUT2D eigenvalue weighted by Crippen LogP contribution is 2.33. The summed E-state index contributed by atoms with van der Waals surface area (Å²) in [7, 11) is 0. The molecule has 4 N–H and O–H groups in total. The standard InChI is InChI=1S/C14H20N4O/c15-12-11(3-5-17-13(12)16)7-9-4-6-18(8-9)14(19)10-1-2-10/h3,5,9-10H,1-2,4,6-8,15H2,(H2,16,17)/t9-/m1/s1. The number of carbonyl (C=O) groups is 1. The Balaban J connectivity index is 1.62. The minimum Gasteiger partial charge on any atom is -0.396 e. The predicted molar refractivity (Wildman–Crippen MR) is 74.2 cm³/mol. The van der Waals surface area contributed by atoms with Gasteiger partial charge in [0.1, 0.15) is 5.82 Å². The van der Waals surface area contributed by atoms with Gasteiger partial charge in [0.2, 0.25) is 5.91 Å². The summed E-state index contributed by atoms with van der Waals surface area (Å²) in [5.41, 5.74) is 13.3. The van der Waals surface area contributed by atoms with Crippen LogP contribution in [-0.2, 0) is 11.2 Å². The van der Waals surface area contributed by atoms with Crippen molar-refractivity contribution in [3.05, 3.63) is 17.8 Å². The van der Waals surface area contributed by atoms with Crippen molar-refractivity contribution < 1.29 is 4.79 Å². The summed E-state index contributed by atoms with van der Waals surface area (Å²) in [4.78, 5) is 18.0. The molecule has 2 aliphatic rings. The smallest absolute Gasteiger partial charge is 0.225 e. The van der Waals surface area contributed by atoms with Gasteiger partial charge < -0.3 is 16.4 Å². The van der Waals surface area contributed by atoms with E-state index in [0.717, 1.165) is 44.3 Å². The predicted octanol–water partition coefficient (Wildman–Crippen LogP) is 1.05. The van der Waals surface area contributed by atoms with Gasteiger partial charge in [-0.25, -0.2) is 4.98 Å². The number of rotatable bonds is 3. The van der Waals surface area contributed by atoms with Crippen LogP contribution >= 0.6 is 0 Å². The van der Waals surface area contributed by atoms with Crippen LogP contribution in [0.3, 0.4) is 0 Å². The maximum atomic E-state index is 12.0. The molecule has 3 rings (SSSR count). The molecule has 0 aromatic carbocycles. The number of nitrogen functional groups attached to an aromatic ring is 2. The number of anilines is 2. The van der Waals surface area contributed by atoms with Crippen molar-refractivity contribution >= 4 is 17.4 Å². The summed E-state index contributed by atoms with van der Waals surface area (Å²) in [6.07, 6.45) is 5.79. The molecular formula is C14H20N4O. The maximum absolute atomic E-state index is 12.0. The Morgan fingerprint density at radius 3 is 2.89 bits per heavy atom. The zero-order valence-corrected chi connectivity index (χ0v) is 11.0. The second-order valence-corrected chi connectivity index (χ2v) is 5.69. The van der Waals surface area contributed by atoms with Crippen LogP contribution in [0.5, 0.6) is 0 Å². The highest BCUT2D eigenvalue weighted by Gasteiger charge is 2.36. The molecule has 1 saturated heterocycles. The molecule has 5 nitrogen and oxygen atoms in total. The molecule has 1 aromatic heterocycles. The molecule has 2 heterocycles. The van der Waals surface area contributed by atoms with Crippen LogP contribution in [0.15, 0.2) is 12.3 Å². The molecule has 2 fully saturated rings. The van der Waals surface area contributed by atoms with Gasteiger partial charge in [0.15, 0.2) is 0 Å². The van der Waals surface area contributed by atoms with E-state index in [1.54, 1.807) is 6.20 Å². The zero-order chi connectivity index (χ0) is 13.4. The molecule has 0 unspecified atom stereocenters. The highest BCUT2D eigenvalue weighted by molar-refractivity contribution is 5.81. The maximum Gasteiger partial charge on any atom is 0.225 e. The molecule has 0 radical (unpaired) electrons. The third-order valence-corrected chi connectivity index (χ3v) is 4.14. The van der Waals surface area contributed by atoms with Crippen molar-refractivity contribution in [2.45, 2.75) is 25.7 Å². The molecule has 0 bridgehead atoms. The number of amides is 1. The first-order valence-electron chi connectivity index (χ1n) is 6.92. The summed E-state index contributed by atoms with van der Waals surface area (Å²) < 4.78 is 0. The van der Waals surface area contributed by atoms with Gasteiger partial charge in [-0.2, -0.15) is 0 Å². The zero-order valence-electron chi connectivity index (χ0n) is 11.0. The number of hydrogen-bond acceptors (Lipinski definition) is 4. The number of aromatic nitrogens is 1. The topological polar surface area (TPSA) is 85.2 Å². The van der Waals surface area contributed by atoms with E-state index in [0.29, 0.717) is 29.2 Å². The van der Waals surface area contributed by atoms with E-state index in [1.807, 2.05) is 11.0 Å². The molecule has 1 aliphatic carbocycles. The lowest BCUT2D eigenvalue weighted by Gasteiger charge is -2.16. The van der Waals surface area contributed by atoms with Gasteiger partial charge in [-0.15, -0.1) is 0 Å². The van der Waals surface area contributed by atoms with Crippen molar-refractivity contribution in [2.75, 3.05) is 24.6 Å². The number of pyridine rings is 1. The molecule has 1 aromatic rings. The Bertz CT molecular complexity index is 498. The minimum absolute atomic E-state index is 0.320. The van der Waals surface area contributed by atoms with Crippen LogP contribution in [0, 0.1) is 11.8 Å². The average Bonchev–Trinajstić information content (AvgIpc) is 3.14. The van der Waals surface area contributed by atoms with E-state index in [2.05, 4.69) is 4.98 Å². The lowest BCUT2D eigenvalue weighted by molar-refractivity contribution is -0.131. The molecule has 1 aliphatic heterocycles. The first-order chi connectivity index (χ1) is 9.15. The van der Waals surface area contributed by atoms with Crippen molar-refractivity contribution in [1.29, 1.82) is 0 Å². The quantitative estimate of drug-likeness (QED) is 0.850. The normalized spacial score (nSPS) is 22.7.